The maximum absolute atomic E-state index is 13.4. The van der Waals surface area contributed by atoms with E-state index >= 15 is 0 Å². The van der Waals surface area contributed by atoms with Gasteiger partial charge in [-0.2, -0.15) is 18.2 Å². The summed E-state index contributed by atoms with van der Waals surface area (Å²) < 4.78 is 71.4. The van der Waals surface area contributed by atoms with E-state index < -0.39 is 29.3 Å². The fourth-order valence-corrected chi connectivity index (χ4v) is 3.57. The maximum Gasteiger partial charge on any atom is 0.417 e. The van der Waals surface area contributed by atoms with E-state index in [2.05, 4.69) is 10.1 Å². The average molecular weight is 437 g/mol. The Kier molecular flexibility index (Phi) is 5.47. The third-order valence-electron chi connectivity index (χ3n) is 5.21. The summed E-state index contributed by atoms with van der Waals surface area (Å²) in [7, 11) is 0. The van der Waals surface area contributed by atoms with E-state index in [0.717, 1.165) is 18.2 Å². The van der Waals surface area contributed by atoms with Crippen molar-refractivity contribution in [2.75, 3.05) is 13.1 Å². The van der Waals surface area contributed by atoms with Gasteiger partial charge in [0.05, 0.1) is 11.1 Å². The molecule has 0 bridgehead atoms. The molecule has 1 aliphatic rings. The summed E-state index contributed by atoms with van der Waals surface area (Å²) in [6.45, 7) is 0.442. The second-order valence-electron chi connectivity index (χ2n) is 7.19. The van der Waals surface area contributed by atoms with Gasteiger partial charge in [0.25, 0.3) is 5.91 Å². The Labute approximate surface area is 173 Å². The number of nitrogens with zero attached hydrogens (tertiary/aromatic N) is 3. The minimum absolute atomic E-state index is 0.103. The maximum atomic E-state index is 13.4. The second kappa shape index (κ2) is 8.09. The van der Waals surface area contributed by atoms with Crippen LogP contribution in [0.4, 0.5) is 22.0 Å². The van der Waals surface area contributed by atoms with Crippen LogP contribution in [0, 0.1) is 11.6 Å². The highest BCUT2D eigenvalue weighted by Crippen LogP contribution is 2.34. The van der Waals surface area contributed by atoms with Crippen LogP contribution in [0.5, 0.6) is 0 Å². The van der Waals surface area contributed by atoms with Crippen LogP contribution >= 0.6 is 0 Å². The van der Waals surface area contributed by atoms with Crippen molar-refractivity contribution in [3.63, 3.8) is 0 Å². The normalized spacial score (nSPS) is 15.3. The summed E-state index contributed by atoms with van der Waals surface area (Å²) >= 11 is 0. The second-order valence-corrected chi connectivity index (χ2v) is 7.19. The Morgan fingerprint density at radius 2 is 1.74 bits per heavy atom. The molecule has 1 fully saturated rings. The summed E-state index contributed by atoms with van der Waals surface area (Å²) in [5.41, 5.74) is -1.09. The molecule has 0 radical (unpaired) electrons. The molecule has 0 atom stereocenters. The molecule has 3 aromatic rings. The quantitative estimate of drug-likeness (QED) is 0.538. The molecule has 0 N–H and O–H groups in total. The van der Waals surface area contributed by atoms with E-state index in [9.17, 15) is 26.7 Å². The number of carbonyl (C=O) groups excluding carboxylic acids is 1. The number of halogens is 5. The lowest BCUT2D eigenvalue weighted by Gasteiger charge is -2.31. The lowest BCUT2D eigenvalue weighted by Crippen LogP contribution is -2.38. The van der Waals surface area contributed by atoms with Crippen LogP contribution in [0.15, 0.2) is 47.0 Å². The minimum Gasteiger partial charge on any atom is -0.339 e. The largest absolute Gasteiger partial charge is 0.417 e. The molecule has 1 saturated heterocycles. The van der Waals surface area contributed by atoms with Crippen molar-refractivity contribution in [3.8, 4) is 11.4 Å². The van der Waals surface area contributed by atoms with Crippen molar-refractivity contribution in [1.82, 2.24) is 15.0 Å². The van der Waals surface area contributed by atoms with Crippen LogP contribution in [0.3, 0.4) is 0 Å². The molecule has 10 heteroatoms. The van der Waals surface area contributed by atoms with Gasteiger partial charge in [-0.3, -0.25) is 4.79 Å². The van der Waals surface area contributed by atoms with E-state index in [1.807, 2.05) is 0 Å². The van der Waals surface area contributed by atoms with Crippen LogP contribution < -0.4 is 0 Å². The molecular formula is C21H16F5N3O2. The van der Waals surface area contributed by atoms with Crippen molar-refractivity contribution in [2.24, 2.45) is 0 Å². The predicted molar refractivity (Wildman–Crippen MR) is 99.0 cm³/mol. The van der Waals surface area contributed by atoms with Gasteiger partial charge in [0, 0.05) is 24.6 Å². The van der Waals surface area contributed by atoms with Crippen molar-refractivity contribution in [1.29, 1.82) is 0 Å². The summed E-state index contributed by atoms with van der Waals surface area (Å²) in [5.74, 6) is -2.52. The first-order valence-corrected chi connectivity index (χ1v) is 9.48. The highest BCUT2D eigenvalue weighted by molar-refractivity contribution is 5.96. The van der Waals surface area contributed by atoms with Gasteiger partial charge in [-0.15, -0.1) is 0 Å². The number of piperidine rings is 1. The number of amides is 1. The molecule has 1 aliphatic heterocycles. The van der Waals surface area contributed by atoms with Crippen molar-refractivity contribution < 1.29 is 31.3 Å². The van der Waals surface area contributed by atoms with Gasteiger partial charge in [-0.05, 0) is 43.2 Å². The fourth-order valence-electron chi connectivity index (χ4n) is 3.57. The standard InChI is InChI=1S/C21H16F5N3O2/c22-16-6-5-13(11-17(16)23)18-27-19(31-28-18)12-7-9-29(10-8-12)20(30)14-3-1-2-4-15(14)21(24,25)26/h1-6,11-12H,7-10H2. The smallest absolute Gasteiger partial charge is 0.339 e. The van der Waals surface area contributed by atoms with Crippen LogP contribution in [0.25, 0.3) is 11.4 Å². The first-order chi connectivity index (χ1) is 14.7. The summed E-state index contributed by atoms with van der Waals surface area (Å²) in [5, 5.41) is 3.79. The number of likely N-dealkylation sites (tertiary alicyclic amines) is 1. The van der Waals surface area contributed by atoms with Crippen LogP contribution in [-0.4, -0.2) is 34.0 Å². The van der Waals surface area contributed by atoms with Gasteiger partial charge < -0.3 is 9.42 Å². The zero-order chi connectivity index (χ0) is 22.2. The van der Waals surface area contributed by atoms with E-state index in [4.69, 9.17) is 4.52 Å². The molecule has 2 heterocycles. The Morgan fingerprint density at radius 3 is 2.42 bits per heavy atom. The van der Waals surface area contributed by atoms with E-state index in [1.54, 1.807) is 0 Å². The SMILES string of the molecule is O=C(c1ccccc1C(F)(F)F)N1CCC(c2nc(-c3ccc(F)c(F)c3)no2)CC1. The number of hydrogen-bond acceptors (Lipinski definition) is 4. The summed E-state index contributed by atoms with van der Waals surface area (Å²) in [4.78, 5) is 18.3. The third kappa shape index (κ3) is 4.28. The van der Waals surface area contributed by atoms with Gasteiger partial charge >= 0.3 is 6.18 Å². The molecule has 31 heavy (non-hydrogen) atoms. The zero-order valence-electron chi connectivity index (χ0n) is 16.0. The molecule has 0 spiro atoms. The molecule has 162 valence electrons. The summed E-state index contributed by atoms with van der Waals surface area (Å²) in [6, 6.07) is 7.94. The Morgan fingerprint density at radius 1 is 1.03 bits per heavy atom. The van der Waals surface area contributed by atoms with E-state index in [-0.39, 0.29) is 41.8 Å². The van der Waals surface area contributed by atoms with E-state index in [1.165, 1.54) is 29.2 Å². The molecular weight excluding hydrogens is 421 g/mol. The van der Waals surface area contributed by atoms with Crippen LogP contribution in [-0.2, 0) is 6.18 Å². The number of benzene rings is 2. The molecule has 4 rings (SSSR count). The first-order valence-electron chi connectivity index (χ1n) is 9.48. The molecule has 0 unspecified atom stereocenters. The van der Waals surface area contributed by atoms with Gasteiger partial charge in [-0.1, -0.05) is 17.3 Å². The zero-order valence-corrected chi connectivity index (χ0v) is 16.0. The number of alkyl halides is 3. The fraction of sp³-hybridized carbons (Fsp3) is 0.286. The van der Waals surface area contributed by atoms with Crippen LogP contribution in [0.1, 0.15) is 40.6 Å². The van der Waals surface area contributed by atoms with Crippen molar-refractivity contribution >= 4 is 5.91 Å². The lowest BCUT2D eigenvalue weighted by atomic mass is 9.95. The number of rotatable bonds is 3. The molecule has 1 amide bonds. The van der Waals surface area contributed by atoms with Gasteiger partial charge in [-0.25, -0.2) is 8.78 Å². The topological polar surface area (TPSA) is 59.2 Å². The van der Waals surface area contributed by atoms with Crippen molar-refractivity contribution in [3.05, 3.63) is 71.1 Å². The molecule has 5 nitrogen and oxygen atoms in total. The highest BCUT2D eigenvalue weighted by Gasteiger charge is 2.37. The number of carbonyl (C=O) groups is 1. The summed E-state index contributed by atoms with van der Waals surface area (Å²) in [6.07, 6.45) is -3.79. The predicted octanol–water partition coefficient (Wildman–Crippen LogP) is 5.05. The van der Waals surface area contributed by atoms with Crippen LogP contribution in [0.2, 0.25) is 0 Å². The Balaban J connectivity index is 1.45. The van der Waals surface area contributed by atoms with Gasteiger partial charge in [0.15, 0.2) is 11.6 Å². The molecule has 0 aliphatic carbocycles. The van der Waals surface area contributed by atoms with E-state index in [0.29, 0.717) is 12.8 Å². The Bertz CT molecular complexity index is 1100. The third-order valence-corrected chi connectivity index (χ3v) is 5.21. The molecule has 2 aromatic carbocycles. The molecule has 1 aromatic heterocycles. The molecule has 0 saturated carbocycles. The number of aromatic nitrogens is 2. The lowest BCUT2D eigenvalue weighted by molar-refractivity contribution is -0.138. The number of hydrogen-bond donors (Lipinski definition) is 0. The van der Waals surface area contributed by atoms with Crippen molar-refractivity contribution in [2.45, 2.75) is 24.9 Å². The van der Waals surface area contributed by atoms with Gasteiger partial charge in [0.2, 0.25) is 11.7 Å². The Hall–Kier alpha value is -3.30. The van der Waals surface area contributed by atoms with Gasteiger partial charge in [0.1, 0.15) is 0 Å². The minimum atomic E-state index is -4.62. The average Bonchev–Trinajstić information content (AvgIpc) is 3.25. The first kappa shape index (κ1) is 21.0. The highest BCUT2D eigenvalue weighted by atomic mass is 19.4. The monoisotopic (exact) mass is 437 g/mol.